The highest BCUT2D eigenvalue weighted by Crippen LogP contribution is 2.39. The van der Waals surface area contributed by atoms with Crippen LogP contribution in [0, 0.1) is 0 Å². The van der Waals surface area contributed by atoms with E-state index in [4.69, 9.17) is 9.97 Å². The van der Waals surface area contributed by atoms with Crippen molar-refractivity contribution < 1.29 is 0 Å². The van der Waals surface area contributed by atoms with Crippen LogP contribution in [0.25, 0.3) is 21.9 Å². The van der Waals surface area contributed by atoms with Crippen LogP contribution >= 0.6 is 11.8 Å². The Balaban J connectivity index is 1.39. The molecule has 0 radical (unpaired) electrons. The van der Waals surface area contributed by atoms with Crippen molar-refractivity contribution in [1.29, 1.82) is 0 Å². The topological polar surface area (TPSA) is 80.5 Å². The van der Waals surface area contributed by atoms with Crippen molar-refractivity contribution in [2.75, 3.05) is 18.1 Å². The molecule has 1 aliphatic carbocycles. The summed E-state index contributed by atoms with van der Waals surface area (Å²) in [5, 5.41) is 9.84. The van der Waals surface area contributed by atoms with Gasteiger partial charge in [-0.25, -0.2) is 9.97 Å². The Kier molecular flexibility index (Phi) is 5.42. The summed E-state index contributed by atoms with van der Waals surface area (Å²) in [7, 11) is 0. The molecular formula is C25H29N7S. The van der Waals surface area contributed by atoms with Gasteiger partial charge in [-0.15, -0.1) is 0 Å². The number of anilines is 2. The maximum Gasteiger partial charge on any atom is 0.230 e. The first kappa shape index (κ1) is 20.9. The monoisotopic (exact) mass is 459 g/mol. The third kappa shape index (κ3) is 3.75. The Morgan fingerprint density at radius 3 is 2.79 bits per heavy atom. The van der Waals surface area contributed by atoms with Crippen molar-refractivity contribution in [3.8, 4) is 0 Å². The van der Waals surface area contributed by atoms with Gasteiger partial charge in [-0.05, 0) is 49.6 Å². The summed E-state index contributed by atoms with van der Waals surface area (Å²) in [5.74, 6) is 1.78. The van der Waals surface area contributed by atoms with Crippen LogP contribution in [0.15, 0.2) is 36.8 Å². The van der Waals surface area contributed by atoms with Crippen LogP contribution in [0.3, 0.4) is 0 Å². The fourth-order valence-corrected chi connectivity index (χ4v) is 6.16. The number of hydrogen-bond donors (Lipinski definition) is 2. The van der Waals surface area contributed by atoms with Crippen molar-refractivity contribution in [2.24, 2.45) is 0 Å². The maximum atomic E-state index is 5.01. The third-order valence-electron chi connectivity index (χ3n) is 7.17. The second-order valence-electron chi connectivity index (χ2n) is 9.26. The van der Waals surface area contributed by atoms with E-state index in [9.17, 15) is 0 Å². The highest BCUT2D eigenvalue weighted by atomic mass is 32.2. The predicted molar refractivity (Wildman–Crippen MR) is 135 cm³/mol. The molecule has 0 amide bonds. The summed E-state index contributed by atoms with van der Waals surface area (Å²) in [6.45, 7) is 4.05. The van der Waals surface area contributed by atoms with Crippen LogP contribution in [0.2, 0.25) is 0 Å². The third-order valence-corrected chi connectivity index (χ3v) is 8.31. The van der Waals surface area contributed by atoms with Gasteiger partial charge in [-0.1, -0.05) is 13.0 Å². The standard InChI is InChI=1S/C25H29N7S/c1-15-11-27-12-16-3-8-22(29-23(15)16)30-25-28-13-20-19-9-10-26-14-21(19)32(24(20)31-25)17-4-6-18(33-2)7-5-17/h3,8-10,13-15,17-18,27H,4-7,11-12H2,1-2H3,(H,28,29,30,31)/t15-,17?,18?/m1/s1. The summed E-state index contributed by atoms with van der Waals surface area (Å²) in [6.07, 6.45) is 12.8. The second-order valence-corrected chi connectivity index (χ2v) is 10.4. The number of hydrogen-bond acceptors (Lipinski definition) is 7. The van der Waals surface area contributed by atoms with Gasteiger partial charge >= 0.3 is 0 Å². The number of nitrogens with one attached hydrogen (secondary N) is 2. The van der Waals surface area contributed by atoms with E-state index in [2.05, 4.69) is 50.5 Å². The fraction of sp³-hybridized carbons (Fsp3) is 0.440. The van der Waals surface area contributed by atoms with Gasteiger partial charge in [0.25, 0.3) is 0 Å². The molecule has 4 aromatic heterocycles. The summed E-state index contributed by atoms with van der Waals surface area (Å²) in [4.78, 5) is 19.0. The normalized spacial score (nSPS) is 23.0. The largest absolute Gasteiger partial charge is 0.321 e. The summed E-state index contributed by atoms with van der Waals surface area (Å²) in [5.41, 5.74) is 4.56. The first-order chi connectivity index (χ1) is 16.2. The van der Waals surface area contributed by atoms with Crippen molar-refractivity contribution in [2.45, 2.75) is 56.4 Å². The molecule has 0 spiro atoms. The number of pyridine rings is 2. The van der Waals surface area contributed by atoms with Crippen molar-refractivity contribution in [1.82, 2.24) is 29.8 Å². The van der Waals surface area contributed by atoms with Crippen LogP contribution in [0.1, 0.15) is 55.8 Å². The average Bonchev–Trinajstić information content (AvgIpc) is 3.18. The Bertz CT molecular complexity index is 1310. The number of rotatable bonds is 4. The van der Waals surface area contributed by atoms with Crippen LogP contribution in [-0.2, 0) is 6.54 Å². The van der Waals surface area contributed by atoms with Gasteiger partial charge in [0.2, 0.25) is 5.95 Å². The number of fused-ring (bicyclic) bond motifs is 4. The molecule has 7 nitrogen and oxygen atoms in total. The lowest BCUT2D eigenvalue weighted by Crippen LogP contribution is -2.27. The maximum absolute atomic E-state index is 5.01. The molecule has 0 bridgehead atoms. The Morgan fingerprint density at radius 1 is 1.06 bits per heavy atom. The Hall–Kier alpha value is -2.71. The molecule has 5 heterocycles. The molecule has 0 aromatic carbocycles. The van der Waals surface area contributed by atoms with Gasteiger partial charge in [-0.3, -0.25) is 4.98 Å². The van der Waals surface area contributed by atoms with E-state index in [0.29, 0.717) is 17.9 Å². The molecule has 170 valence electrons. The highest BCUT2D eigenvalue weighted by molar-refractivity contribution is 7.99. The van der Waals surface area contributed by atoms with E-state index in [-0.39, 0.29) is 0 Å². The van der Waals surface area contributed by atoms with Crippen molar-refractivity contribution in [3.63, 3.8) is 0 Å². The minimum atomic E-state index is 0.394. The molecule has 1 aliphatic heterocycles. The number of nitrogens with zero attached hydrogens (tertiary/aromatic N) is 5. The van der Waals surface area contributed by atoms with E-state index in [0.717, 1.165) is 46.4 Å². The SMILES string of the molecule is CSC1CCC(n2c3cnccc3c3cnc(Nc4ccc5c(n4)[C@H](C)CNC5)nc32)CC1. The molecule has 1 atom stereocenters. The van der Waals surface area contributed by atoms with E-state index < -0.39 is 0 Å². The average molecular weight is 460 g/mol. The number of aromatic nitrogens is 5. The zero-order chi connectivity index (χ0) is 22.4. The van der Waals surface area contributed by atoms with E-state index in [1.54, 1.807) is 0 Å². The summed E-state index contributed by atoms with van der Waals surface area (Å²) >= 11 is 2.00. The van der Waals surface area contributed by atoms with Gasteiger partial charge in [0.1, 0.15) is 11.5 Å². The van der Waals surface area contributed by atoms with Crippen LogP contribution in [0.4, 0.5) is 11.8 Å². The second kappa shape index (κ2) is 8.57. The minimum Gasteiger partial charge on any atom is -0.321 e. The molecule has 0 unspecified atom stereocenters. The molecule has 2 N–H and O–H groups in total. The van der Waals surface area contributed by atoms with Gasteiger partial charge in [0.05, 0.1) is 17.4 Å². The lowest BCUT2D eigenvalue weighted by Gasteiger charge is -2.29. The van der Waals surface area contributed by atoms with Crippen molar-refractivity contribution >= 4 is 45.5 Å². The zero-order valence-corrected chi connectivity index (χ0v) is 19.9. The molecule has 8 heteroatoms. The lowest BCUT2D eigenvalue weighted by molar-refractivity contribution is 0.373. The van der Waals surface area contributed by atoms with Crippen molar-refractivity contribution in [3.05, 3.63) is 48.0 Å². The fourth-order valence-electron chi connectivity index (χ4n) is 5.42. The minimum absolute atomic E-state index is 0.394. The molecule has 4 aromatic rings. The number of thioether (sulfide) groups is 1. The predicted octanol–water partition coefficient (Wildman–Crippen LogP) is 5.17. The highest BCUT2D eigenvalue weighted by Gasteiger charge is 2.26. The first-order valence-corrected chi connectivity index (χ1v) is 13.1. The van der Waals surface area contributed by atoms with Gasteiger partial charge in [0.15, 0.2) is 0 Å². The van der Waals surface area contributed by atoms with Gasteiger partial charge in [0, 0.05) is 53.5 Å². The molecule has 33 heavy (non-hydrogen) atoms. The summed E-state index contributed by atoms with van der Waals surface area (Å²) < 4.78 is 2.41. The first-order valence-electron chi connectivity index (χ1n) is 11.8. The molecule has 1 fully saturated rings. The lowest BCUT2D eigenvalue weighted by atomic mass is 9.94. The Labute approximate surface area is 197 Å². The molecule has 6 rings (SSSR count). The van der Waals surface area contributed by atoms with Gasteiger partial charge in [-0.2, -0.15) is 16.7 Å². The van der Waals surface area contributed by atoms with E-state index in [1.165, 1.54) is 36.6 Å². The zero-order valence-electron chi connectivity index (χ0n) is 19.1. The van der Waals surface area contributed by atoms with Crippen LogP contribution in [0.5, 0.6) is 0 Å². The quantitative estimate of drug-likeness (QED) is 0.436. The molecule has 0 saturated heterocycles. The van der Waals surface area contributed by atoms with Crippen LogP contribution < -0.4 is 10.6 Å². The van der Waals surface area contributed by atoms with Gasteiger partial charge < -0.3 is 15.2 Å². The molecular weight excluding hydrogens is 430 g/mol. The van der Waals surface area contributed by atoms with E-state index >= 15 is 0 Å². The van der Waals surface area contributed by atoms with E-state index in [1.807, 2.05) is 36.4 Å². The molecule has 1 saturated carbocycles. The summed E-state index contributed by atoms with van der Waals surface area (Å²) in [6, 6.07) is 6.70. The van der Waals surface area contributed by atoms with Crippen LogP contribution in [-0.4, -0.2) is 42.6 Å². The smallest absolute Gasteiger partial charge is 0.230 e. The Morgan fingerprint density at radius 2 is 1.94 bits per heavy atom. The molecule has 2 aliphatic rings.